The highest BCUT2D eigenvalue weighted by molar-refractivity contribution is 5.55. The summed E-state index contributed by atoms with van der Waals surface area (Å²) in [6, 6.07) is 3.70. The third-order valence-corrected chi connectivity index (χ3v) is 4.47. The minimum absolute atomic E-state index is 0.0567. The highest BCUT2D eigenvalue weighted by Crippen LogP contribution is 2.29. The molecule has 2 aliphatic rings. The Bertz CT molecular complexity index is 787. The van der Waals surface area contributed by atoms with E-state index in [1.807, 2.05) is 9.80 Å². The van der Waals surface area contributed by atoms with Crippen LogP contribution in [0.4, 0.5) is 25.1 Å². The summed E-state index contributed by atoms with van der Waals surface area (Å²) in [5.74, 6) is 0.937. The molecule has 2 aromatic rings. The van der Waals surface area contributed by atoms with Gasteiger partial charge >= 0.3 is 6.18 Å². The Morgan fingerprint density at radius 3 is 1.79 bits per heavy atom. The van der Waals surface area contributed by atoms with Crippen LogP contribution in [0.25, 0.3) is 11.5 Å². The number of hydrogen-bond donors (Lipinski definition) is 0. The zero-order chi connectivity index (χ0) is 19.6. The van der Waals surface area contributed by atoms with Crippen molar-refractivity contribution in [1.29, 1.82) is 0 Å². The molecule has 4 rings (SSSR count). The summed E-state index contributed by atoms with van der Waals surface area (Å²) in [5.41, 5.74) is -0.924. The number of alkyl halides is 3. The molecule has 2 fully saturated rings. The average molecular weight is 396 g/mol. The Balaban J connectivity index is 1.75. The van der Waals surface area contributed by atoms with Gasteiger partial charge in [0.05, 0.1) is 26.4 Å². The quantitative estimate of drug-likeness (QED) is 0.775. The lowest BCUT2D eigenvalue weighted by atomic mass is 10.3. The first-order chi connectivity index (χ1) is 13.5. The first-order valence-corrected chi connectivity index (χ1v) is 8.97. The number of halogens is 3. The van der Waals surface area contributed by atoms with Crippen molar-refractivity contribution in [1.82, 2.24) is 19.9 Å². The molecule has 2 aliphatic heterocycles. The normalized spacial score (nSPS) is 18.4. The third kappa shape index (κ3) is 4.14. The lowest BCUT2D eigenvalue weighted by Gasteiger charge is -2.30. The predicted octanol–water partition coefficient (Wildman–Crippen LogP) is 1.63. The van der Waals surface area contributed by atoms with Gasteiger partial charge in [0.1, 0.15) is 11.4 Å². The van der Waals surface area contributed by atoms with Crippen molar-refractivity contribution in [3.05, 3.63) is 23.9 Å². The topological polar surface area (TPSA) is 76.5 Å². The molecule has 0 bridgehead atoms. The fraction of sp³-hybridized carbons (Fsp3) is 0.529. The van der Waals surface area contributed by atoms with Gasteiger partial charge in [-0.15, -0.1) is 0 Å². The van der Waals surface area contributed by atoms with Crippen LogP contribution in [0.1, 0.15) is 5.69 Å². The summed E-state index contributed by atoms with van der Waals surface area (Å²) >= 11 is 0. The van der Waals surface area contributed by atoms with Crippen LogP contribution in [0.5, 0.6) is 0 Å². The minimum Gasteiger partial charge on any atom is -0.378 e. The summed E-state index contributed by atoms with van der Waals surface area (Å²) in [6.45, 7) is 4.55. The van der Waals surface area contributed by atoms with Gasteiger partial charge in [-0.25, -0.2) is 4.98 Å². The van der Waals surface area contributed by atoms with Crippen LogP contribution in [-0.4, -0.2) is 72.5 Å². The van der Waals surface area contributed by atoms with Crippen LogP contribution >= 0.6 is 0 Å². The molecule has 150 valence electrons. The van der Waals surface area contributed by atoms with E-state index in [-0.39, 0.29) is 11.5 Å². The van der Waals surface area contributed by atoms with Crippen molar-refractivity contribution in [2.24, 2.45) is 0 Å². The van der Waals surface area contributed by atoms with Gasteiger partial charge in [-0.05, 0) is 12.1 Å². The lowest BCUT2D eigenvalue weighted by Crippen LogP contribution is -2.40. The van der Waals surface area contributed by atoms with E-state index in [1.54, 1.807) is 0 Å². The molecule has 0 spiro atoms. The second-order valence-corrected chi connectivity index (χ2v) is 6.36. The average Bonchev–Trinajstić information content (AvgIpc) is 2.74. The first-order valence-electron chi connectivity index (χ1n) is 8.97. The van der Waals surface area contributed by atoms with E-state index in [0.717, 1.165) is 6.07 Å². The maximum Gasteiger partial charge on any atom is 0.433 e. The van der Waals surface area contributed by atoms with Gasteiger partial charge in [0.2, 0.25) is 11.9 Å². The van der Waals surface area contributed by atoms with Crippen molar-refractivity contribution in [2.45, 2.75) is 6.18 Å². The van der Waals surface area contributed by atoms with E-state index in [4.69, 9.17) is 9.47 Å². The fourth-order valence-electron chi connectivity index (χ4n) is 3.00. The number of rotatable bonds is 3. The molecular formula is C17H19F3N6O2. The number of pyridine rings is 1. The molecular weight excluding hydrogens is 377 g/mol. The van der Waals surface area contributed by atoms with Crippen molar-refractivity contribution >= 4 is 11.9 Å². The SMILES string of the molecule is FC(F)(F)c1cccc(-c2nc(N3CCOCC3)nc(N3CCOCC3)n2)n1. The van der Waals surface area contributed by atoms with Crippen LogP contribution in [0.2, 0.25) is 0 Å². The number of aromatic nitrogens is 4. The van der Waals surface area contributed by atoms with Crippen LogP contribution in [0, 0.1) is 0 Å². The smallest absolute Gasteiger partial charge is 0.378 e. The lowest BCUT2D eigenvalue weighted by molar-refractivity contribution is -0.141. The van der Waals surface area contributed by atoms with Crippen LogP contribution < -0.4 is 9.80 Å². The molecule has 2 saturated heterocycles. The van der Waals surface area contributed by atoms with Gasteiger partial charge in [0.25, 0.3) is 0 Å². The van der Waals surface area contributed by atoms with Gasteiger partial charge in [-0.2, -0.15) is 28.1 Å². The minimum atomic E-state index is -4.54. The summed E-state index contributed by atoms with van der Waals surface area (Å²) in [6.07, 6.45) is -4.54. The number of hydrogen-bond acceptors (Lipinski definition) is 8. The van der Waals surface area contributed by atoms with Crippen molar-refractivity contribution < 1.29 is 22.6 Å². The second-order valence-electron chi connectivity index (χ2n) is 6.36. The highest BCUT2D eigenvalue weighted by atomic mass is 19.4. The van der Waals surface area contributed by atoms with Crippen LogP contribution in [0.3, 0.4) is 0 Å². The van der Waals surface area contributed by atoms with E-state index < -0.39 is 11.9 Å². The molecule has 0 amide bonds. The Hall–Kier alpha value is -2.53. The molecule has 0 saturated carbocycles. The Labute approximate surface area is 159 Å². The molecule has 0 atom stereocenters. The molecule has 0 unspecified atom stereocenters. The largest absolute Gasteiger partial charge is 0.433 e. The maximum absolute atomic E-state index is 13.1. The summed E-state index contributed by atoms with van der Waals surface area (Å²) < 4.78 is 49.9. The Kier molecular flexibility index (Phi) is 5.27. The molecule has 28 heavy (non-hydrogen) atoms. The zero-order valence-electron chi connectivity index (χ0n) is 15.0. The summed E-state index contributed by atoms with van der Waals surface area (Å²) in [5, 5.41) is 0. The first kappa shape index (κ1) is 18.8. The molecule has 4 heterocycles. The molecule has 0 N–H and O–H groups in total. The zero-order valence-corrected chi connectivity index (χ0v) is 15.0. The monoisotopic (exact) mass is 396 g/mol. The highest BCUT2D eigenvalue weighted by Gasteiger charge is 2.33. The molecule has 0 radical (unpaired) electrons. The summed E-state index contributed by atoms with van der Waals surface area (Å²) in [4.78, 5) is 21.0. The van der Waals surface area contributed by atoms with Gasteiger partial charge in [-0.1, -0.05) is 6.07 Å². The summed E-state index contributed by atoms with van der Waals surface area (Å²) in [7, 11) is 0. The molecule has 0 aromatic carbocycles. The van der Waals surface area contributed by atoms with Gasteiger partial charge in [-0.3, -0.25) is 0 Å². The Morgan fingerprint density at radius 1 is 0.750 bits per heavy atom. The van der Waals surface area contributed by atoms with Gasteiger partial charge < -0.3 is 19.3 Å². The molecule has 0 aliphatic carbocycles. The number of morpholine rings is 2. The number of anilines is 2. The fourth-order valence-corrected chi connectivity index (χ4v) is 3.00. The maximum atomic E-state index is 13.1. The number of ether oxygens (including phenoxy) is 2. The predicted molar refractivity (Wildman–Crippen MR) is 94.1 cm³/mol. The van der Waals surface area contributed by atoms with E-state index in [1.165, 1.54) is 12.1 Å². The van der Waals surface area contributed by atoms with E-state index >= 15 is 0 Å². The molecule has 2 aromatic heterocycles. The Morgan fingerprint density at radius 2 is 1.29 bits per heavy atom. The van der Waals surface area contributed by atoms with Crippen molar-refractivity contribution in [3.63, 3.8) is 0 Å². The van der Waals surface area contributed by atoms with E-state index in [2.05, 4.69) is 19.9 Å². The number of nitrogens with zero attached hydrogens (tertiary/aromatic N) is 6. The van der Waals surface area contributed by atoms with Crippen molar-refractivity contribution in [2.75, 3.05) is 62.4 Å². The van der Waals surface area contributed by atoms with Crippen molar-refractivity contribution in [3.8, 4) is 11.5 Å². The van der Waals surface area contributed by atoms with E-state index in [9.17, 15) is 13.2 Å². The van der Waals surface area contributed by atoms with Crippen LogP contribution in [-0.2, 0) is 15.7 Å². The van der Waals surface area contributed by atoms with Gasteiger partial charge in [0, 0.05) is 26.2 Å². The van der Waals surface area contributed by atoms with Crippen LogP contribution in [0.15, 0.2) is 18.2 Å². The molecule has 11 heteroatoms. The van der Waals surface area contributed by atoms with Gasteiger partial charge in [0.15, 0.2) is 5.82 Å². The second kappa shape index (κ2) is 7.84. The molecule has 8 nitrogen and oxygen atoms in total. The third-order valence-electron chi connectivity index (χ3n) is 4.47. The standard InChI is InChI=1S/C17H19F3N6O2/c18-17(19,20)13-3-1-2-12(21-13)14-22-15(25-4-8-27-9-5-25)24-16(23-14)26-6-10-28-11-7-26/h1-3H,4-11H2. The van der Waals surface area contributed by atoms with E-state index in [0.29, 0.717) is 64.5 Å².